The minimum atomic E-state index is -0.138. The van der Waals surface area contributed by atoms with Crippen molar-refractivity contribution in [2.24, 2.45) is 0 Å². The van der Waals surface area contributed by atoms with Crippen LogP contribution in [0.5, 0.6) is 0 Å². The van der Waals surface area contributed by atoms with E-state index in [1.807, 2.05) is 60.7 Å². The highest BCUT2D eigenvalue weighted by molar-refractivity contribution is 6.18. The van der Waals surface area contributed by atoms with Gasteiger partial charge in [0.1, 0.15) is 0 Å². The first-order valence-electron chi connectivity index (χ1n) is 50.7. The Morgan fingerprint density at radius 1 is 0.196 bits per heavy atom. The molecular formula is C138H113N5. The molecule has 2 heterocycles. The van der Waals surface area contributed by atoms with Gasteiger partial charge in [-0.05, 0) is 276 Å². The maximum atomic E-state index is 5.00. The summed E-state index contributed by atoms with van der Waals surface area (Å²) < 4.78 is 2.39. The summed E-state index contributed by atoms with van der Waals surface area (Å²) in [7, 11) is 0. The Labute approximate surface area is 838 Å². The molecule has 5 nitrogen and oxygen atoms in total. The monoisotopic (exact) mass is 1840 g/mol. The molecule has 4 aliphatic rings. The van der Waals surface area contributed by atoms with Crippen LogP contribution >= 0.6 is 0 Å². The lowest BCUT2D eigenvalue weighted by Gasteiger charge is -2.49. The van der Waals surface area contributed by atoms with Gasteiger partial charge in [0.2, 0.25) is 0 Å². The van der Waals surface area contributed by atoms with Crippen molar-refractivity contribution in [3.63, 3.8) is 0 Å². The Bertz CT molecular complexity index is 9050. The Hall–Kier alpha value is -16.2. The SMILES string of the molecule is CC1(C)c2cc(-c3ccc(-n4c5ccccc5c5ccccc54)cc3)ccc2-c2ccc3ccc4ccccc4c3c2C1(C)C.CC1(C)c2cc(-c3cccc(-c4nc(-c5ccccc5)nc(-c5ccccc5)n4)c3)ccc2-c2c(ccc3ccc4ccccc4c23)C1(C)C.CC1(C)c2ccccc2-c2ccc(N(c3ccccc3)c3ccc4c(c3)C(C)(C)C(C)(C)c3c-4ccc4ccc5ccccc5c34)cc21. The molecule has 0 atom stereocenters. The first-order chi connectivity index (χ1) is 69.2. The molecule has 5 heteroatoms. The summed E-state index contributed by atoms with van der Waals surface area (Å²) in [4.78, 5) is 17.4. The number of nitrogens with zero attached hydrogens (tertiary/aromatic N) is 5. The molecule has 0 aliphatic heterocycles. The van der Waals surface area contributed by atoms with Crippen molar-refractivity contribution in [1.82, 2.24) is 19.5 Å². The van der Waals surface area contributed by atoms with Crippen LogP contribution in [0.3, 0.4) is 0 Å². The van der Waals surface area contributed by atoms with Gasteiger partial charge in [-0.3, -0.25) is 0 Å². The zero-order valence-corrected chi connectivity index (χ0v) is 83.7. The summed E-state index contributed by atoms with van der Waals surface area (Å²) in [5, 5.41) is 18.5. The minimum absolute atomic E-state index is 0.0666. The van der Waals surface area contributed by atoms with E-state index in [2.05, 4.69) is 476 Å². The van der Waals surface area contributed by atoms with Crippen LogP contribution in [-0.4, -0.2) is 19.5 Å². The van der Waals surface area contributed by atoms with Crippen LogP contribution < -0.4 is 4.90 Å². The van der Waals surface area contributed by atoms with E-state index in [9.17, 15) is 0 Å². The smallest absolute Gasteiger partial charge is 0.164 e. The fraction of sp³-hybridized carbons (Fsp3) is 0.152. The van der Waals surface area contributed by atoms with Crippen molar-refractivity contribution in [2.75, 3.05) is 4.90 Å². The summed E-state index contributed by atoms with van der Waals surface area (Å²) in [6.45, 7) is 33.9. The number of fused-ring (bicyclic) bond motifs is 27. The van der Waals surface area contributed by atoms with E-state index in [1.165, 1.54) is 209 Å². The van der Waals surface area contributed by atoms with Crippen LogP contribution in [0.1, 0.15) is 141 Å². The standard InChI is InChI=1S/C47H37N3.C47H41N.C44H35N/c1-46(2)39-27-25-31-23-22-30-14-11-12-21-37(30)41(31)42(39)38-26-24-35(29-40(38)47(46,3)4)34-19-13-20-36(28-34)45-49-43(32-15-7-5-8-16-32)48-44(50-45)33-17-9-6-10-18-33;1-45(2)40-19-13-12-18-36(40)37-26-23-33(28-41(37)45)48(32-15-8-7-9-16-32)34-24-27-38-39-25-22-31-21-20-30-14-10-11-17-35(30)43(31)44(39)47(5,6)46(3,4)42(38)29-34;1-43(2)38-27-31(28-19-23-32(24-20-28)45-39-15-9-7-13-35(39)36-14-8-10-16-40(36)45)22-25-34(38)37-26-21-30-18-17-29-11-5-6-12-33(29)41(30)42(37)44(43,3)4/h5-29H,1-4H3;7-29H,1-6H3;5-27H,1-4H3. The molecule has 0 saturated heterocycles. The fourth-order valence-corrected chi connectivity index (χ4v) is 24.8. The van der Waals surface area contributed by atoms with Crippen molar-refractivity contribution in [3.8, 4) is 107 Å². The second kappa shape index (κ2) is 33.0. The van der Waals surface area contributed by atoms with E-state index < -0.39 is 0 Å². The maximum absolute atomic E-state index is 5.00. The number of hydrogen-bond donors (Lipinski definition) is 0. The van der Waals surface area contributed by atoms with Crippen LogP contribution in [0.4, 0.5) is 17.1 Å². The minimum Gasteiger partial charge on any atom is -0.310 e. The second-order valence-electron chi connectivity index (χ2n) is 43.7. The first kappa shape index (κ1) is 88.2. The van der Waals surface area contributed by atoms with Crippen LogP contribution in [0.2, 0.25) is 0 Å². The highest BCUT2D eigenvalue weighted by Gasteiger charge is 2.51. The number of hydrogen-bond acceptors (Lipinski definition) is 4. The predicted octanol–water partition coefficient (Wildman–Crippen LogP) is 37.1. The molecule has 0 bridgehead atoms. The van der Waals surface area contributed by atoms with E-state index in [4.69, 9.17) is 15.0 Å². The Morgan fingerprint density at radius 2 is 0.538 bits per heavy atom. The summed E-state index contributed by atoms with van der Waals surface area (Å²) in [5.74, 6) is 1.98. The molecule has 0 unspecified atom stereocenters. The first-order valence-corrected chi connectivity index (χ1v) is 50.7. The molecule has 2 aromatic heterocycles. The molecule has 690 valence electrons. The van der Waals surface area contributed by atoms with E-state index in [0.29, 0.717) is 17.5 Å². The molecule has 0 fully saturated rings. The van der Waals surface area contributed by atoms with E-state index in [-0.39, 0.29) is 37.9 Å². The van der Waals surface area contributed by atoms with Gasteiger partial charge in [0, 0.05) is 66.5 Å². The third-order valence-electron chi connectivity index (χ3n) is 34.5. The zero-order valence-electron chi connectivity index (χ0n) is 83.7. The number of anilines is 3. The number of aromatic nitrogens is 4. The van der Waals surface area contributed by atoms with Crippen molar-refractivity contribution >= 4 is 104 Å². The van der Waals surface area contributed by atoms with Gasteiger partial charge < -0.3 is 9.47 Å². The summed E-state index contributed by atoms with van der Waals surface area (Å²) >= 11 is 0. The van der Waals surface area contributed by atoms with Gasteiger partial charge in [-0.25, -0.2) is 15.0 Å². The Balaban J connectivity index is 0.000000113. The van der Waals surface area contributed by atoms with E-state index in [0.717, 1.165) is 27.9 Å². The molecule has 21 aromatic carbocycles. The van der Waals surface area contributed by atoms with Crippen LogP contribution in [0, 0.1) is 0 Å². The third kappa shape index (κ3) is 13.7. The van der Waals surface area contributed by atoms with Gasteiger partial charge in [0.15, 0.2) is 17.5 Å². The van der Waals surface area contributed by atoms with Crippen LogP contribution in [0.15, 0.2) is 431 Å². The van der Waals surface area contributed by atoms with Gasteiger partial charge in [0.05, 0.1) is 11.0 Å². The summed E-state index contributed by atoms with van der Waals surface area (Å²) in [5.41, 5.74) is 36.3. The molecule has 0 amide bonds. The van der Waals surface area contributed by atoms with Crippen molar-refractivity contribution in [1.29, 1.82) is 0 Å². The highest BCUT2D eigenvalue weighted by Crippen LogP contribution is 2.62. The van der Waals surface area contributed by atoms with Crippen molar-refractivity contribution in [3.05, 3.63) is 475 Å². The number of rotatable bonds is 9. The van der Waals surface area contributed by atoms with Gasteiger partial charge in [0.25, 0.3) is 0 Å². The molecule has 0 saturated carbocycles. The average molecular weight is 1840 g/mol. The molecular weight excluding hydrogens is 1730 g/mol. The Morgan fingerprint density at radius 3 is 1.08 bits per heavy atom. The average Bonchev–Trinajstić information content (AvgIpc) is 0.874. The molecule has 4 aliphatic carbocycles. The van der Waals surface area contributed by atoms with Crippen LogP contribution in [-0.2, 0) is 37.9 Å². The number of para-hydroxylation sites is 3. The molecule has 23 aromatic rings. The molecule has 0 spiro atoms. The highest BCUT2D eigenvalue weighted by atomic mass is 15.1. The van der Waals surface area contributed by atoms with Gasteiger partial charge in [-0.1, -0.05) is 449 Å². The lowest BCUT2D eigenvalue weighted by Crippen LogP contribution is -2.43. The Kier molecular flexibility index (Phi) is 20.3. The lowest BCUT2D eigenvalue weighted by molar-refractivity contribution is 0.299. The molecule has 0 radical (unpaired) electrons. The number of benzene rings is 21. The van der Waals surface area contributed by atoms with Crippen LogP contribution in [0.25, 0.3) is 193 Å². The molecule has 0 N–H and O–H groups in total. The van der Waals surface area contributed by atoms with Gasteiger partial charge in [-0.15, -0.1) is 0 Å². The van der Waals surface area contributed by atoms with Crippen molar-refractivity contribution in [2.45, 2.75) is 135 Å². The lowest BCUT2D eigenvalue weighted by atomic mass is 9.54. The normalized spacial score (nSPS) is 15.2. The zero-order chi connectivity index (χ0) is 97.5. The van der Waals surface area contributed by atoms with Gasteiger partial charge >= 0.3 is 0 Å². The van der Waals surface area contributed by atoms with Crippen molar-refractivity contribution < 1.29 is 0 Å². The predicted molar refractivity (Wildman–Crippen MR) is 606 cm³/mol. The quantitative estimate of drug-likeness (QED) is 0.135. The third-order valence-corrected chi connectivity index (χ3v) is 34.5. The maximum Gasteiger partial charge on any atom is 0.164 e. The second-order valence-corrected chi connectivity index (χ2v) is 43.7. The van der Waals surface area contributed by atoms with E-state index in [1.54, 1.807) is 0 Å². The molecule has 27 rings (SSSR count). The largest absolute Gasteiger partial charge is 0.310 e. The summed E-state index contributed by atoms with van der Waals surface area (Å²) in [6, 6.07) is 158. The van der Waals surface area contributed by atoms with E-state index >= 15 is 0 Å². The topological polar surface area (TPSA) is 46.8 Å². The summed E-state index contributed by atoms with van der Waals surface area (Å²) in [6.07, 6.45) is 0. The molecule has 143 heavy (non-hydrogen) atoms. The fourth-order valence-electron chi connectivity index (χ4n) is 24.8. The van der Waals surface area contributed by atoms with Gasteiger partial charge in [-0.2, -0.15) is 0 Å².